The highest BCUT2D eigenvalue weighted by atomic mass is 16.3. The van der Waals surface area contributed by atoms with Crippen molar-refractivity contribution in [1.29, 1.82) is 0 Å². The molecule has 0 spiro atoms. The second-order valence-corrected chi connectivity index (χ2v) is 10.7. The molecule has 0 rings (SSSR count). The first-order valence-corrected chi connectivity index (χ1v) is 15.7. The Morgan fingerprint density at radius 1 is 0.333 bits per heavy atom. The van der Waals surface area contributed by atoms with Crippen LogP contribution in [-0.2, 0) is 0 Å². The zero-order valence-electron chi connectivity index (χ0n) is 23.2. The van der Waals surface area contributed by atoms with E-state index in [0.717, 1.165) is 13.1 Å². The molecule has 0 heterocycles. The molecule has 2 heteroatoms. The number of hydrogen-bond donors (Lipinski definition) is 2. The van der Waals surface area contributed by atoms with Crippen LogP contribution in [0.4, 0.5) is 0 Å². The predicted octanol–water partition coefficient (Wildman–Crippen LogP) is 10.1. The first kappa shape index (κ1) is 32.9. The maximum Gasteiger partial charge on any atom is 0.0555 e. The Bertz CT molecular complexity index is 290. The molecule has 0 aromatic heterocycles. The summed E-state index contributed by atoms with van der Waals surface area (Å²) in [6.07, 6.45) is 39.2. The van der Waals surface area contributed by atoms with E-state index in [9.17, 15) is 0 Å². The molecule has 0 unspecified atom stereocenters. The van der Waals surface area contributed by atoms with Gasteiger partial charge in [-0.05, 0) is 13.0 Å². The zero-order chi connectivity index (χ0) is 23.9. The molecule has 0 aromatic rings. The van der Waals surface area contributed by atoms with Gasteiger partial charge in [-0.3, -0.25) is 0 Å². The third kappa shape index (κ3) is 31.9. The van der Waals surface area contributed by atoms with Gasteiger partial charge in [-0.15, -0.1) is 0 Å². The molecule has 0 amide bonds. The van der Waals surface area contributed by atoms with Gasteiger partial charge in [0.1, 0.15) is 0 Å². The summed E-state index contributed by atoms with van der Waals surface area (Å²) in [5.74, 6) is 0. The van der Waals surface area contributed by atoms with Gasteiger partial charge < -0.3 is 10.4 Å². The fraction of sp³-hybridized carbons (Fsp3) is 1.00. The SMILES string of the molecule is CCCCCCCCCCCCCCCCCCCCCCCCCCCCCNCCO. The average Bonchev–Trinajstić information content (AvgIpc) is 2.83. The van der Waals surface area contributed by atoms with E-state index in [2.05, 4.69) is 12.2 Å². The van der Waals surface area contributed by atoms with Crippen molar-refractivity contribution < 1.29 is 5.11 Å². The van der Waals surface area contributed by atoms with Gasteiger partial charge in [-0.1, -0.05) is 174 Å². The normalized spacial score (nSPS) is 11.5. The highest BCUT2D eigenvalue weighted by Crippen LogP contribution is 2.16. The second kappa shape index (κ2) is 31.9. The summed E-state index contributed by atoms with van der Waals surface area (Å²) in [7, 11) is 0. The van der Waals surface area contributed by atoms with E-state index in [4.69, 9.17) is 5.11 Å². The topological polar surface area (TPSA) is 32.3 Å². The Labute approximate surface area is 210 Å². The molecule has 0 saturated heterocycles. The zero-order valence-corrected chi connectivity index (χ0v) is 23.2. The van der Waals surface area contributed by atoms with Crippen LogP contribution in [0.5, 0.6) is 0 Å². The van der Waals surface area contributed by atoms with Crippen molar-refractivity contribution in [2.24, 2.45) is 0 Å². The Balaban J connectivity index is 2.99. The molecule has 0 aliphatic carbocycles. The van der Waals surface area contributed by atoms with Crippen molar-refractivity contribution in [1.82, 2.24) is 5.32 Å². The van der Waals surface area contributed by atoms with Crippen LogP contribution in [0.3, 0.4) is 0 Å². The largest absolute Gasteiger partial charge is 0.395 e. The molecule has 0 atom stereocenters. The van der Waals surface area contributed by atoms with Gasteiger partial charge in [-0.25, -0.2) is 0 Å². The molecule has 2 N–H and O–H groups in total. The number of aliphatic hydroxyl groups excluding tert-OH is 1. The van der Waals surface area contributed by atoms with Crippen molar-refractivity contribution in [2.45, 2.75) is 180 Å². The van der Waals surface area contributed by atoms with Gasteiger partial charge in [0.15, 0.2) is 0 Å². The quantitative estimate of drug-likeness (QED) is 0.103. The van der Waals surface area contributed by atoms with Crippen molar-refractivity contribution in [2.75, 3.05) is 19.7 Å². The number of unbranched alkanes of at least 4 members (excludes halogenated alkanes) is 26. The average molecular weight is 468 g/mol. The van der Waals surface area contributed by atoms with Gasteiger partial charge in [0.25, 0.3) is 0 Å². The molecular weight excluding hydrogens is 402 g/mol. The summed E-state index contributed by atoms with van der Waals surface area (Å²) < 4.78 is 0. The summed E-state index contributed by atoms with van der Waals surface area (Å²) in [6, 6.07) is 0. The molecule has 2 nitrogen and oxygen atoms in total. The number of aliphatic hydroxyl groups is 1. The van der Waals surface area contributed by atoms with E-state index in [0.29, 0.717) is 0 Å². The summed E-state index contributed by atoms with van der Waals surface area (Å²) in [5, 5.41) is 12.0. The Morgan fingerprint density at radius 3 is 0.818 bits per heavy atom. The van der Waals surface area contributed by atoms with Crippen molar-refractivity contribution in [3.8, 4) is 0 Å². The van der Waals surface area contributed by atoms with Crippen LogP contribution in [0.15, 0.2) is 0 Å². The van der Waals surface area contributed by atoms with Crippen LogP contribution < -0.4 is 5.32 Å². The van der Waals surface area contributed by atoms with E-state index in [-0.39, 0.29) is 6.61 Å². The van der Waals surface area contributed by atoms with E-state index >= 15 is 0 Å². The molecule has 0 aliphatic heterocycles. The van der Waals surface area contributed by atoms with E-state index in [1.807, 2.05) is 0 Å². The third-order valence-electron chi connectivity index (χ3n) is 7.25. The van der Waals surface area contributed by atoms with E-state index in [1.165, 1.54) is 173 Å². The molecule has 0 aromatic carbocycles. The van der Waals surface area contributed by atoms with E-state index < -0.39 is 0 Å². The summed E-state index contributed by atoms with van der Waals surface area (Å²) in [5.41, 5.74) is 0. The fourth-order valence-corrected chi connectivity index (χ4v) is 4.95. The summed E-state index contributed by atoms with van der Waals surface area (Å²) in [4.78, 5) is 0. The molecule has 200 valence electrons. The maximum absolute atomic E-state index is 8.70. The number of rotatable bonds is 30. The van der Waals surface area contributed by atoms with Crippen molar-refractivity contribution in [3.63, 3.8) is 0 Å². The third-order valence-corrected chi connectivity index (χ3v) is 7.25. The summed E-state index contributed by atoms with van der Waals surface area (Å²) >= 11 is 0. The van der Waals surface area contributed by atoms with Crippen LogP contribution in [-0.4, -0.2) is 24.8 Å². The fourth-order valence-electron chi connectivity index (χ4n) is 4.95. The lowest BCUT2D eigenvalue weighted by Gasteiger charge is -2.05. The van der Waals surface area contributed by atoms with Crippen LogP contribution >= 0.6 is 0 Å². The molecule has 0 radical (unpaired) electrons. The lowest BCUT2D eigenvalue weighted by atomic mass is 10.0. The molecule has 0 bridgehead atoms. The molecular formula is C31H65NO. The van der Waals surface area contributed by atoms with Crippen LogP contribution in [0.25, 0.3) is 0 Å². The number of nitrogens with one attached hydrogen (secondary N) is 1. The molecule has 33 heavy (non-hydrogen) atoms. The first-order valence-electron chi connectivity index (χ1n) is 15.7. The van der Waals surface area contributed by atoms with Gasteiger partial charge in [0.2, 0.25) is 0 Å². The van der Waals surface area contributed by atoms with Crippen LogP contribution in [0, 0.1) is 0 Å². The minimum absolute atomic E-state index is 0.263. The van der Waals surface area contributed by atoms with Gasteiger partial charge in [0, 0.05) is 6.54 Å². The lowest BCUT2D eigenvalue weighted by molar-refractivity contribution is 0.292. The minimum atomic E-state index is 0.263. The maximum atomic E-state index is 8.70. The number of hydrogen-bond acceptors (Lipinski definition) is 2. The highest BCUT2D eigenvalue weighted by Gasteiger charge is 1.96. The van der Waals surface area contributed by atoms with Crippen LogP contribution in [0.1, 0.15) is 180 Å². The molecule has 0 aliphatic rings. The Hall–Kier alpha value is -0.0800. The lowest BCUT2D eigenvalue weighted by Crippen LogP contribution is -2.19. The Kier molecular flexibility index (Phi) is 31.8. The van der Waals surface area contributed by atoms with Crippen LogP contribution in [0.2, 0.25) is 0 Å². The van der Waals surface area contributed by atoms with Gasteiger partial charge >= 0.3 is 0 Å². The molecule has 0 saturated carbocycles. The molecule has 0 fully saturated rings. The predicted molar refractivity (Wildman–Crippen MR) is 150 cm³/mol. The van der Waals surface area contributed by atoms with E-state index in [1.54, 1.807) is 0 Å². The minimum Gasteiger partial charge on any atom is -0.395 e. The second-order valence-electron chi connectivity index (χ2n) is 10.7. The standard InChI is InChI=1S/C31H65NO/c1-2-3-4-5-6-7-8-9-10-11-12-13-14-15-16-17-18-19-20-21-22-23-24-25-26-27-28-29-32-30-31-33/h32-33H,2-31H2,1H3. The highest BCUT2D eigenvalue weighted by molar-refractivity contribution is 4.52. The van der Waals surface area contributed by atoms with Gasteiger partial charge in [-0.2, -0.15) is 0 Å². The Morgan fingerprint density at radius 2 is 0.576 bits per heavy atom. The van der Waals surface area contributed by atoms with Crippen molar-refractivity contribution in [3.05, 3.63) is 0 Å². The van der Waals surface area contributed by atoms with Crippen molar-refractivity contribution >= 4 is 0 Å². The smallest absolute Gasteiger partial charge is 0.0555 e. The van der Waals surface area contributed by atoms with Gasteiger partial charge in [0.05, 0.1) is 6.61 Å². The monoisotopic (exact) mass is 468 g/mol. The summed E-state index contributed by atoms with van der Waals surface area (Å²) in [6.45, 7) is 4.38. The first-order chi connectivity index (χ1) is 16.4.